The van der Waals surface area contributed by atoms with E-state index in [4.69, 9.17) is 0 Å². The molecule has 0 aliphatic heterocycles. The SMILES string of the molecule is Cc1ccc(-c2nc3nc(C)cc(O)n3n2)cc1. The summed E-state index contributed by atoms with van der Waals surface area (Å²) in [5, 5.41) is 14.0. The smallest absolute Gasteiger partial charge is 0.256 e. The molecule has 1 N–H and O–H groups in total. The molecule has 2 aromatic heterocycles. The van der Waals surface area contributed by atoms with E-state index in [-0.39, 0.29) is 5.88 Å². The third-order valence-electron chi connectivity index (χ3n) is 2.73. The molecule has 0 saturated carbocycles. The summed E-state index contributed by atoms with van der Waals surface area (Å²) in [4.78, 5) is 8.54. The van der Waals surface area contributed by atoms with Crippen LogP contribution in [0.5, 0.6) is 5.88 Å². The first-order valence-electron chi connectivity index (χ1n) is 5.64. The summed E-state index contributed by atoms with van der Waals surface area (Å²) in [6.07, 6.45) is 0. The minimum Gasteiger partial charge on any atom is -0.493 e. The van der Waals surface area contributed by atoms with Crippen molar-refractivity contribution >= 4 is 5.78 Å². The van der Waals surface area contributed by atoms with Crippen LogP contribution in [-0.4, -0.2) is 24.7 Å². The molecular formula is C13H12N4O. The highest BCUT2D eigenvalue weighted by Gasteiger charge is 2.10. The van der Waals surface area contributed by atoms with Crippen molar-refractivity contribution in [2.75, 3.05) is 0 Å². The predicted octanol–water partition coefficient (Wildman–Crippen LogP) is 2.11. The second-order valence-electron chi connectivity index (χ2n) is 4.27. The molecular weight excluding hydrogens is 228 g/mol. The van der Waals surface area contributed by atoms with Crippen LogP contribution in [0.4, 0.5) is 0 Å². The van der Waals surface area contributed by atoms with Gasteiger partial charge in [0, 0.05) is 17.3 Å². The Balaban J connectivity index is 2.19. The monoisotopic (exact) mass is 240 g/mol. The van der Waals surface area contributed by atoms with Crippen LogP contribution in [0.1, 0.15) is 11.3 Å². The molecule has 18 heavy (non-hydrogen) atoms. The summed E-state index contributed by atoms with van der Waals surface area (Å²) in [7, 11) is 0. The Morgan fingerprint density at radius 2 is 1.78 bits per heavy atom. The molecule has 5 nitrogen and oxygen atoms in total. The van der Waals surface area contributed by atoms with Crippen LogP contribution in [0.25, 0.3) is 17.2 Å². The number of nitrogens with zero attached hydrogens (tertiary/aromatic N) is 4. The normalized spacial score (nSPS) is 11.0. The van der Waals surface area contributed by atoms with Gasteiger partial charge in [0.25, 0.3) is 5.78 Å². The first kappa shape index (κ1) is 10.7. The number of hydrogen-bond donors (Lipinski definition) is 1. The van der Waals surface area contributed by atoms with E-state index in [0.29, 0.717) is 17.3 Å². The molecule has 3 aromatic rings. The van der Waals surface area contributed by atoms with Crippen LogP contribution >= 0.6 is 0 Å². The molecule has 2 heterocycles. The van der Waals surface area contributed by atoms with Crippen LogP contribution in [0, 0.1) is 13.8 Å². The highest BCUT2D eigenvalue weighted by Crippen LogP contribution is 2.19. The molecule has 0 amide bonds. The van der Waals surface area contributed by atoms with Crippen molar-refractivity contribution in [2.45, 2.75) is 13.8 Å². The number of rotatable bonds is 1. The van der Waals surface area contributed by atoms with Gasteiger partial charge in [0.15, 0.2) is 5.82 Å². The third kappa shape index (κ3) is 1.69. The maximum absolute atomic E-state index is 9.78. The van der Waals surface area contributed by atoms with Crippen molar-refractivity contribution in [3.05, 3.63) is 41.6 Å². The fourth-order valence-corrected chi connectivity index (χ4v) is 1.79. The zero-order valence-corrected chi connectivity index (χ0v) is 10.1. The van der Waals surface area contributed by atoms with Gasteiger partial charge in [-0.25, -0.2) is 4.98 Å². The topological polar surface area (TPSA) is 63.3 Å². The second kappa shape index (κ2) is 3.80. The van der Waals surface area contributed by atoms with Gasteiger partial charge in [-0.15, -0.1) is 5.10 Å². The molecule has 0 fully saturated rings. The number of aromatic hydroxyl groups is 1. The van der Waals surface area contributed by atoms with Gasteiger partial charge in [-0.05, 0) is 13.8 Å². The lowest BCUT2D eigenvalue weighted by atomic mass is 10.1. The van der Waals surface area contributed by atoms with Crippen molar-refractivity contribution in [3.8, 4) is 17.3 Å². The Morgan fingerprint density at radius 1 is 1.06 bits per heavy atom. The Labute approximate surface area is 104 Å². The molecule has 0 saturated heterocycles. The first-order chi connectivity index (χ1) is 8.63. The largest absolute Gasteiger partial charge is 0.493 e. The summed E-state index contributed by atoms with van der Waals surface area (Å²) >= 11 is 0. The summed E-state index contributed by atoms with van der Waals surface area (Å²) in [6, 6.07) is 9.46. The van der Waals surface area contributed by atoms with Gasteiger partial charge in [0.05, 0.1) is 0 Å². The number of aryl methyl sites for hydroxylation is 2. The maximum atomic E-state index is 9.78. The van der Waals surface area contributed by atoms with E-state index in [9.17, 15) is 5.11 Å². The lowest BCUT2D eigenvalue weighted by molar-refractivity contribution is 0.434. The number of fused-ring (bicyclic) bond motifs is 1. The molecule has 0 aliphatic carbocycles. The van der Waals surface area contributed by atoms with Gasteiger partial charge in [0.1, 0.15) is 0 Å². The number of benzene rings is 1. The molecule has 0 aliphatic rings. The minimum atomic E-state index is 0.0448. The van der Waals surface area contributed by atoms with Crippen molar-refractivity contribution in [2.24, 2.45) is 0 Å². The Morgan fingerprint density at radius 3 is 2.50 bits per heavy atom. The quantitative estimate of drug-likeness (QED) is 0.707. The van der Waals surface area contributed by atoms with Gasteiger partial charge in [0.2, 0.25) is 5.88 Å². The predicted molar refractivity (Wildman–Crippen MR) is 67.4 cm³/mol. The summed E-state index contributed by atoms with van der Waals surface area (Å²) < 4.78 is 1.34. The molecule has 0 spiro atoms. The van der Waals surface area contributed by atoms with Gasteiger partial charge in [-0.1, -0.05) is 29.8 Å². The summed E-state index contributed by atoms with van der Waals surface area (Å²) in [6.45, 7) is 3.83. The molecule has 1 aromatic carbocycles. The molecule has 0 atom stereocenters. The van der Waals surface area contributed by atoms with Crippen LogP contribution < -0.4 is 0 Å². The molecule has 0 bridgehead atoms. The lowest BCUT2D eigenvalue weighted by Crippen LogP contribution is -1.93. The van der Waals surface area contributed by atoms with E-state index in [0.717, 1.165) is 5.56 Å². The van der Waals surface area contributed by atoms with Gasteiger partial charge >= 0.3 is 0 Å². The highest BCUT2D eigenvalue weighted by molar-refractivity contribution is 5.57. The van der Waals surface area contributed by atoms with Gasteiger partial charge in [-0.2, -0.15) is 9.50 Å². The number of aromatic nitrogens is 4. The zero-order valence-electron chi connectivity index (χ0n) is 10.1. The van der Waals surface area contributed by atoms with Crippen molar-refractivity contribution in [1.29, 1.82) is 0 Å². The summed E-state index contributed by atoms with van der Waals surface area (Å²) in [5.74, 6) is 1.01. The molecule has 90 valence electrons. The van der Waals surface area contributed by atoms with E-state index < -0.39 is 0 Å². The van der Waals surface area contributed by atoms with E-state index in [1.165, 1.54) is 10.1 Å². The molecule has 3 rings (SSSR count). The Kier molecular flexibility index (Phi) is 2.26. The van der Waals surface area contributed by atoms with Crippen molar-refractivity contribution < 1.29 is 5.11 Å². The van der Waals surface area contributed by atoms with Crippen LogP contribution in [0.3, 0.4) is 0 Å². The fraction of sp³-hybridized carbons (Fsp3) is 0.154. The fourth-order valence-electron chi connectivity index (χ4n) is 1.79. The minimum absolute atomic E-state index is 0.0448. The zero-order chi connectivity index (χ0) is 12.7. The van der Waals surface area contributed by atoms with E-state index in [1.807, 2.05) is 31.2 Å². The van der Waals surface area contributed by atoms with Gasteiger partial charge < -0.3 is 5.11 Å². The lowest BCUT2D eigenvalue weighted by Gasteiger charge is -1.96. The Hall–Kier alpha value is -2.43. The standard InChI is InChI=1S/C13H12N4O/c1-8-3-5-10(6-4-8)12-15-13-14-9(2)7-11(18)17(13)16-12/h3-7,18H,1-2H3. The molecule has 5 heteroatoms. The third-order valence-corrected chi connectivity index (χ3v) is 2.73. The maximum Gasteiger partial charge on any atom is 0.256 e. The molecule has 0 unspecified atom stereocenters. The average Bonchev–Trinajstić information content (AvgIpc) is 2.74. The summed E-state index contributed by atoms with van der Waals surface area (Å²) in [5.41, 5.74) is 2.80. The van der Waals surface area contributed by atoms with Crippen molar-refractivity contribution in [1.82, 2.24) is 19.6 Å². The van der Waals surface area contributed by atoms with E-state index >= 15 is 0 Å². The van der Waals surface area contributed by atoms with Gasteiger partial charge in [-0.3, -0.25) is 0 Å². The average molecular weight is 240 g/mol. The van der Waals surface area contributed by atoms with Crippen LogP contribution in [0.2, 0.25) is 0 Å². The Bertz CT molecular complexity index is 716. The van der Waals surface area contributed by atoms with Crippen LogP contribution in [0.15, 0.2) is 30.3 Å². The number of hydrogen-bond acceptors (Lipinski definition) is 4. The van der Waals surface area contributed by atoms with E-state index in [2.05, 4.69) is 15.1 Å². The first-order valence-corrected chi connectivity index (χ1v) is 5.64. The highest BCUT2D eigenvalue weighted by atomic mass is 16.3. The second-order valence-corrected chi connectivity index (χ2v) is 4.27. The van der Waals surface area contributed by atoms with Crippen molar-refractivity contribution in [3.63, 3.8) is 0 Å². The van der Waals surface area contributed by atoms with E-state index in [1.54, 1.807) is 13.0 Å². The molecule has 0 radical (unpaired) electrons. The van der Waals surface area contributed by atoms with Crippen LogP contribution in [-0.2, 0) is 0 Å².